The maximum Gasteiger partial charge on any atom is 0.191 e. The van der Waals surface area contributed by atoms with Crippen molar-refractivity contribution in [1.29, 1.82) is 0 Å². The van der Waals surface area contributed by atoms with E-state index in [1.807, 2.05) is 18.7 Å². The molecule has 1 aliphatic heterocycles. The Bertz CT molecular complexity index is 265. The average Bonchev–Trinajstić information content (AvgIpc) is 2.79. The predicted octanol–water partition coefficient (Wildman–Crippen LogP) is 1.46. The Hall–Kier alpha value is -0.420. The Morgan fingerprint density at radius 3 is 2.83 bits per heavy atom. The van der Waals surface area contributed by atoms with E-state index < -0.39 is 0 Å². The number of aliphatic hydroxyl groups excluding tert-OH is 1. The molecule has 0 bridgehead atoms. The minimum Gasteiger partial charge on any atom is -0.396 e. The van der Waals surface area contributed by atoms with Crippen molar-refractivity contribution in [3.05, 3.63) is 0 Å². The zero-order valence-electron chi connectivity index (χ0n) is 11.8. The SMILES string of the molecule is CCNC(=NCC1(C)CCCS1)NCC(C)CO. The minimum atomic E-state index is 0.208. The number of thioether (sulfide) groups is 1. The van der Waals surface area contributed by atoms with Crippen LogP contribution in [0, 0.1) is 5.92 Å². The van der Waals surface area contributed by atoms with Crippen LogP contribution in [0.25, 0.3) is 0 Å². The monoisotopic (exact) mass is 273 g/mol. The lowest BCUT2D eigenvalue weighted by Crippen LogP contribution is -2.40. The van der Waals surface area contributed by atoms with Gasteiger partial charge in [0, 0.05) is 24.4 Å². The number of hydrogen-bond acceptors (Lipinski definition) is 3. The molecule has 5 heteroatoms. The van der Waals surface area contributed by atoms with Crippen molar-refractivity contribution in [3.8, 4) is 0 Å². The van der Waals surface area contributed by atoms with Gasteiger partial charge in [0.25, 0.3) is 0 Å². The van der Waals surface area contributed by atoms with Gasteiger partial charge in [0.2, 0.25) is 0 Å². The van der Waals surface area contributed by atoms with Crippen molar-refractivity contribution in [2.24, 2.45) is 10.9 Å². The van der Waals surface area contributed by atoms with Crippen LogP contribution in [0.5, 0.6) is 0 Å². The van der Waals surface area contributed by atoms with Crippen molar-refractivity contribution in [3.63, 3.8) is 0 Å². The molecule has 3 N–H and O–H groups in total. The molecule has 1 heterocycles. The summed E-state index contributed by atoms with van der Waals surface area (Å²) >= 11 is 2.03. The third kappa shape index (κ3) is 5.48. The third-order valence-corrected chi connectivity index (χ3v) is 4.67. The maximum absolute atomic E-state index is 9.02. The summed E-state index contributed by atoms with van der Waals surface area (Å²) in [6, 6.07) is 0. The summed E-state index contributed by atoms with van der Waals surface area (Å²) in [5.74, 6) is 2.38. The second-order valence-electron chi connectivity index (χ2n) is 5.27. The zero-order chi connectivity index (χ0) is 13.4. The highest BCUT2D eigenvalue weighted by molar-refractivity contribution is 8.00. The largest absolute Gasteiger partial charge is 0.396 e. The van der Waals surface area contributed by atoms with Crippen LogP contribution in [0.15, 0.2) is 4.99 Å². The summed E-state index contributed by atoms with van der Waals surface area (Å²) in [7, 11) is 0. The van der Waals surface area contributed by atoms with Crippen LogP contribution in [0.2, 0.25) is 0 Å². The first kappa shape index (κ1) is 15.6. The Morgan fingerprint density at radius 2 is 2.28 bits per heavy atom. The van der Waals surface area contributed by atoms with E-state index in [2.05, 4.69) is 29.5 Å². The predicted molar refractivity (Wildman–Crippen MR) is 80.3 cm³/mol. The Kier molecular flexibility index (Phi) is 6.86. The molecule has 0 aromatic heterocycles. The molecular weight excluding hydrogens is 246 g/mol. The highest BCUT2D eigenvalue weighted by Gasteiger charge is 2.29. The highest BCUT2D eigenvalue weighted by Crippen LogP contribution is 2.37. The Morgan fingerprint density at radius 1 is 1.50 bits per heavy atom. The van der Waals surface area contributed by atoms with Gasteiger partial charge >= 0.3 is 0 Å². The minimum absolute atomic E-state index is 0.208. The normalized spacial score (nSPS) is 26.1. The second-order valence-corrected chi connectivity index (χ2v) is 6.95. The van der Waals surface area contributed by atoms with Crippen LogP contribution in [-0.2, 0) is 0 Å². The number of hydrogen-bond donors (Lipinski definition) is 3. The van der Waals surface area contributed by atoms with E-state index in [0.717, 1.165) is 25.6 Å². The van der Waals surface area contributed by atoms with Gasteiger partial charge in [-0.05, 0) is 38.4 Å². The van der Waals surface area contributed by atoms with Crippen molar-refractivity contribution in [2.45, 2.75) is 38.4 Å². The lowest BCUT2D eigenvalue weighted by Gasteiger charge is -2.21. The first-order valence-corrected chi connectivity index (χ1v) is 7.85. The Labute approximate surface area is 115 Å². The molecule has 0 spiro atoms. The van der Waals surface area contributed by atoms with Crippen LogP contribution in [-0.4, -0.2) is 47.8 Å². The number of guanidine groups is 1. The maximum atomic E-state index is 9.02. The van der Waals surface area contributed by atoms with E-state index in [1.165, 1.54) is 18.6 Å². The van der Waals surface area contributed by atoms with Gasteiger partial charge in [-0.2, -0.15) is 11.8 Å². The molecule has 4 nitrogen and oxygen atoms in total. The molecule has 0 radical (unpaired) electrons. The van der Waals surface area contributed by atoms with Gasteiger partial charge in [-0.15, -0.1) is 0 Å². The summed E-state index contributed by atoms with van der Waals surface area (Å²) in [6.07, 6.45) is 2.57. The van der Waals surface area contributed by atoms with Crippen LogP contribution < -0.4 is 10.6 Å². The highest BCUT2D eigenvalue weighted by atomic mass is 32.2. The van der Waals surface area contributed by atoms with Gasteiger partial charge in [0.05, 0.1) is 6.54 Å². The average molecular weight is 273 g/mol. The molecule has 1 aliphatic rings. The topological polar surface area (TPSA) is 56.7 Å². The van der Waals surface area contributed by atoms with Crippen LogP contribution in [0.4, 0.5) is 0 Å². The number of aliphatic imine (C=N–C) groups is 1. The zero-order valence-corrected chi connectivity index (χ0v) is 12.6. The molecule has 106 valence electrons. The molecule has 1 saturated heterocycles. The van der Waals surface area contributed by atoms with Gasteiger partial charge in [0.1, 0.15) is 0 Å². The fourth-order valence-electron chi connectivity index (χ4n) is 1.89. The number of nitrogens with zero attached hydrogens (tertiary/aromatic N) is 1. The second kappa shape index (κ2) is 7.89. The molecule has 2 unspecified atom stereocenters. The van der Waals surface area contributed by atoms with E-state index in [0.29, 0.717) is 4.75 Å². The molecule has 0 saturated carbocycles. The van der Waals surface area contributed by atoms with Crippen LogP contribution in [0.3, 0.4) is 0 Å². The molecule has 18 heavy (non-hydrogen) atoms. The Balaban J connectivity index is 2.44. The molecular formula is C13H27N3OS. The third-order valence-electron chi connectivity index (χ3n) is 3.15. The summed E-state index contributed by atoms with van der Waals surface area (Å²) in [5.41, 5.74) is 0. The van der Waals surface area contributed by atoms with E-state index in [1.54, 1.807) is 0 Å². The first-order valence-electron chi connectivity index (χ1n) is 6.86. The van der Waals surface area contributed by atoms with E-state index in [4.69, 9.17) is 5.11 Å². The fourth-order valence-corrected chi connectivity index (χ4v) is 3.11. The summed E-state index contributed by atoms with van der Waals surface area (Å²) in [4.78, 5) is 4.67. The van der Waals surface area contributed by atoms with Gasteiger partial charge in [-0.1, -0.05) is 6.92 Å². The van der Waals surface area contributed by atoms with Crippen molar-refractivity contribution in [1.82, 2.24) is 10.6 Å². The standard InChI is InChI=1S/C13H27N3OS/c1-4-14-12(15-8-11(2)9-17)16-10-13(3)6-5-7-18-13/h11,17H,4-10H2,1-3H3,(H2,14,15,16). The van der Waals surface area contributed by atoms with E-state index in [-0.39, 0.29) is 12.5 Å². The van der Waals surface area contributed by atoms with E-state index in [9.17, 15) is 0 Å². The number of rotatable bonds is 6. The first-order chi connectivity index (χ1) is 8.59. The summed E-state index contributed by atoms with van der Waals surface area (Å²) in [5, 5.41) is 15.6. The van der Waals surface area contributed by atoms with Crippen LogP contribution in [0.1, 0.15) is 33.6 Å². The molecule has 0 aliphatic carbocycles. The fraction of sp³-hybridized carbons (Fsp3) is 0.923. The van der Waals surface area contributed by atoms with Gasteiger partial charge < -0.3 is 15.7 Å². The number of nitrogens with one attached hydrogen (secondary N) is 2. The molecule has 0 aromatic carbocycles. The quantitative estimate of drug-likeness (QED) is 0.506. The lowest BCUT2D eigenvalue weighted by molar-refractivity contribution is 0.238. The molecule has 0 amide bonds. The molecule has 1 rings (SSSR count). The molecule has 1 fully saturated rings. The smallest absolute Gasteiger partial charge is 0.191 e. The van der Waals surface area contributed by atoms with Crippen LogP contribution >= 0.6 is 11.8 Å². The van der Waals surface area contributed by atoms with Crippen molar-refractivity contribution in [2.75, 3.05) is 32.0 Å². The number of aliphatic hydroxyl groups is 1. The van der Waals surface area contributed by atoms with Gasteiger partial charge in [-0.25, -0.2) is 0 Å². The van der Waals surface area contributed by atoms with Crippen molar-refractivity contribution >= 4 is 17.7 Å². The molecule has 0 aromatic rings. The van der Waals surface area contributed by atoms with Gasteiger partial charge in [0.15, 0.2) is 5.96 Å². The summed E-state index contributed by atoms with van der Waals surface area (Å²) in [6.45, 7) is 9.08. The van der Waals surface area contributed by atoms with Gasteiger partial charge in [-0.3, -0.25) is 4.99 Å². The van der Waals surface area contributed by atoms with E-state index >= 15 is 0 Å². The molecule has 2 atom stereocenters. The van der Waals surface area contributed by atoms with Crippen molar-refractivity contribution < 1.29 is 5.11 Å². The lowest BCUT2D eigenvalue weighted by atomic mass is 10.1. The summed E-state index contributed by atoms with van der Waals surface area (Å²) < 4.78 is 0.310.